The maximum absolute atomic E-state index is 12.4. The molecule has 1 aliphatic carbocycles. The molecule has 0 aromatic rings. The van der Waals surface area contributed by atoms with Crippen LogP contribution in [0, 0.1) is 0 Å². The Morgan fingerprint density at radius 3 is 2.56 bits per heavy atom. The lowest BCUT2D eigenvalue weighted by atomic mass is 9.77. The molecule has 0 aromatic carbocycles. The molecule has 1 unspecified atom stereocenters. The van der Waals surface area contributed by atoms with Gasteiger partial charge in [0.05, 0.1) is 0 Å². The van der Waals surface area contributed by atoms with E-state index in [1.165, 1.54) is 6.42 Å². The molecule has 2 amide bonds. The smallest absolute Gasteiger partial charge is 0.246 e. The summed E-state index contributed by atoms with van der Waals surface area (Å²) < 4.78 is 0. The molecule has 102 valence electrons. The molecule has 2 fully saturated rings. The van der Waals surface area contributed by atoms with Gasteiger partial charge in [-0.2, -0.15) is 0 Å². The van der Waals surface area contributed by atoms with Crippen molar-refractivity contribution in [3.05, 3.63) is 0 Å². The number of amides is 2. The highest BCUT2D eigenvalue weighted by atomic mass is 16.2. The van der Waals surface area contributed by atoms with E-state index in [1.807, 2.05) is 4.90 Å². The highest BCUT2D eigenvalue weighted by molar-refractivity contribution is 5.99. The number of carbonyl (C=O) groups excluding carboxylic acids is 2. The molecule has 2 rings (SSSR count). The van der Waals surface area contributed by atoms with Crippen LogP contribution >= 0.6 is 0 Å². The van der Waals surface area contributed by atoms with E-state index in [1.54, 1.807) is 6.92 Å². The summed E-state index contributed by atoms with van der Waals surface area (Å²) in [5.74, 6) is 0.176. The molecule has 1 aliphatic heterocycles. The van der Waals surface area contributed by atoms with Gasteiger partial charge in [0, 0.05) is 6.54 Å². The van der Waals surface area contributed by atoms with Gasteiger partial charge in [0.1, 0.15) is 11.6 Å². The molecule has 1 heterocycles. The lowest BCUT2D eigenvalue weighted by molar-refractivity contribution is -0.159. The van der Waals surface area contributed by atoms with E-state index in [-0.39, 0.29) is 17.9 Å². The van der Waals surface area contributed by atoms with Crippen LogP contribution < -0.4 is 5.32 Å². The molecule has 0 aromatic heterocycles. The summed E-state index contributed by atoms with van der Waals surface area (Å²) in [5, 5.41) is 2.87. The first-order valence-corrected chi connectivity index (χ1v) is 7.24. The van der Waals surface area contributed by atoms with Gasteiger partial charge in [0.15, 0.2) is 0 Å². The first kappa shape index (κ1) is 13.4. The number of unbranched alkanes of at least 4 members (excludes halogenated alkanes) is 1. The third-order valence-electron chi connectivity index (χ3n) is 4.34. The molecule has 18 heavy (non-hydrogen) atoms. The van der Waals surface area contributed by atoms with Crippen LogP contribution in [0.5, 0.6) is 0 Å². The van der Waals surface area contributed by atoms with E-state index in [2.05, 4.69) is 12.2 Å². The summed E-state index contributed by atoms with van der Waals surface area (Å²) in [7, 11) is 0. The minimum atomic E-state index is -0.531. The van der Waals surface area contributed by atoms with Crippen molar-refractivity contribution in [1.82, 2.24) is 10.2 Å². The number of nitrogens with zero attached hydrogens (tertiary/aromatic N) is 1. The molecule has 0 bridgehead atoms. The highest BCUT2D eigenvalue weighted by Gasteiger charge is 2.51. The third-order valence-corrected chi connectivity index (χ3v) is 4.34. The molecule has 0 radical (unpaired) electrons. The van der Waals surface area contributed by atoms with E-state index in [4.69, 9.17) is 0 Å². The number of nitrogens with one attached hydrogen (secondary N) is 1. The lowest BCUT2D eigenvalue weighted by Crippen LogP contribution is -2.70. The number of hydrogen-bond donors (Lipinski definition) is 1. The molecule has 4 heteroatoms. The Bertz CT molecular complexity index is 335. The second-order valence-electron chi connectivity index (χ2n) is 5.63. The Hall–Kier alpha value is -1.06. The van der Waals surface area contributed by atoms with Gasteiger partial charge in [0.25, 0.3) is 0 Å². The predicted molar refractivity (Wildman–Crippen MR) is 70.0 cm³/mol. The Morgan fingerprint density at radius 1 is 1.28 bits per heavy atom. The Balaban J connectivity index is 2.25. The lowest BCUT2D eigenvalue weighted by Gasteiger charge is -2.49. The molecule has 1 saturated carbocycles. The second-order valence-corrected chi connectivity index (χ2v) is 5.63. The van der Waals surface area contributed by atoms with Crippen molar-refractivity contribution in [3.8, 4) is 0 Å². The molecule has 1 spiro atoms. The van der Waals surface area contributed by atoms with Crippen LogP contribution in [0.15, 0.2) is 0 Å². The largest absolute Gasteiger partial charge is 0.343 e. The van der Waals surface area contributed by atoms with E-state index >= 15 is 0 Å². The fourth-order valence-electron chi connectivity index (χ4n) is 3.23. The average Bonchev–Trinajstić information content (AvgIpc) is 2.38. The SMILES string of the molecule is CCCCN1C(=O)C(C)NC(=O)C12CCCCC2. The average molecular weight is 252 g/mol. The normalized spacial score (nSPS) is 27.4. The minimum absolute atomic E-state index is 0.0744. The standard InChI is InChI=1S/C14H24N2O2/c1-3-4-10-16-12(17)11(2)15-13(18)14(16)8-6-5-7-9-14/h11H,3-10H2,1-2H3,(H,15,18). The summed E-state index contributed by atoms with van der Waals surface area (Å²) in [6.07, 6.45) is 6.99. The first-order valence-electron chi connectivity index (χ1n) is 7.24. The number of carbonyl (C=O) groups is 2. The molecular weight excluding hydrogens is 228 g/mol. The van der Waals surface area contributed by atoms with Gasteiger partial charge in [-0.25, -0.2) is 0 Å². The van der Waals surface area contributed by atoms with Crippen molar-refractivity contribution < 1.29 is 9.59 Å². The van der Waals surface area contributed by atoms with Crippen molar-refractivity contribution in [2.45, 2.75) is 70.4 Å². The van der Waals surface area contributed by atoms with Crippen molar-refractivity contribution in [3.63, 3.8) is 0 Å². The Morgan fingerprint density at radius 2 is 1.94 bits per heavy atom. The Kier molecular flexibility index (Phi) is 3.93. The highest BCUT2D eigenvalue weighted by Crippen LogP contribution is 2.36. The van der Waals surface area contributed by atoms with Crippen molar-refractivity contribution >= 4 is 11.8 Å². The fourth-order valence-corrected chi connectivity index (χ4v) is 3.23. The van der Waals surface area contributed by atoms with E-state index in [0.29, 0.717) is 0 Å². The van der Waals surface area contributed by atoms with Crippen molar-refractivity contribution in [2.75, 3.05) is 6.54 Å². The molecule has 2 aliphatic rings. The molecule has 1 saturated heterocycles. The van der Waals surface area contributed by atoms with Crippen molar-refractivity contribution in [2.24, 2.45) is 0 Å². The molecule has 1 atom stereocenters. The monoisotopic (exact) mass is 252 g/mol. The summed E-state index contributed by atoms with van der Waals surface area (Å²) in [6, 6.07) is -0.359. The predicted octanol–water partition coefficient (Wildman–Crippen LogP) is 1.84. The fraction of sp³-hybridized carbons (Fsp3) is 0.857. The zero-order valence-corrected chi connectivity index (χ0v) is 11.5. The Labute approximate surface area is 109 Å². The summed E-state index contributed by atoms with van der Waals surface area (Å²) in [5.41, 5.74) is -0.531. The van der Waals surface area contributed by atoms with Crippen LogP contribution in [0.2, 0.25) is 0 Å². The van der Waals surface area contributed by atoms with Gasteiger partial charge >= 0.3 is 0 Å². The molecule has 4 nitrogen and oxygen atoms in total. The van der Waals surface area contributed by atoms with Crippen LogP contribution in [0.25, 0.3) is 0 Å². The van der Waals surface area contributed by atoms with Crippen LogP contribution in [0.4, 0.5) is 0 Å². The van der Waals surface area contributed by atoms with Crippen LogP contribution in [0.1, 0.15) is 58.8 Å². The topological polar surface area (TPSA) is 49.4 Å². The van der Waals surface area contributed by atoms with Gasteiger partial charge in [-0.05, 0) is 26.2 Å². The van der Waals surface area contributed by atoms with E-state index in [9.17, 15) is 9.59 Å². The number of rotatable bonds is 3. The van der Waals surface area contributed by atoms with Gasteiger partial charge in [0.2, 0.25) is 11.8 Å². The number of piperazine rings is 1. The summed E-state index contributed by atoms with van der Waals surface area (Å²) in [6.45, 7) is 4.63. The first-order chi connectivity index (χ1) is 8.62. The second kappa shape index (κ2) is 5.29. The molecular formula is C14H24N2O2. The third kappa shape index (κ3) is 2.13. The molecule has 1 N–H and O–H groups in total. The number of hydrogen-bond acceptors (Lipinski definition) is 2. The summed E-state index contributed by atoms with van der Waals surface area (Å²) in [4.78, 5) is 26.6. The quantitative estimate of drug-likeness (QED) is 0.833. The maximum atomic E-state index is 12.4. The van der Waals surface area contributed by atoms with Crippen LogP contribution in [0.3, 0.4) is 0 Å². The zero-order chi connectivity index (χ0) is 13.2. The van der Waals surface area contributed by atoms with Gasteiger partial charge in [-0.3, -0.25) is 9.59 Å². The van der Waals surface area contributed by atoms with Crippen molar-refractivity contribution in [1.29, 1.82) is 0 Å². The van der Waals surface area contributed by atoms with E-state index in [0.717, 1.165) is 45.1 Å². The van der Waals surface area contributed by atoms with Gasteiger partial charge < -0.3 is 10.2 Å². The zero-order valence-electron chi connectivity index (χ0n) is 11.5. The van der Waals surface area contributed by atoms with Gasteiger partial charge in [-0.1, -0.05) is 32.6 Å². The van der Waals surface area contributed by atoms with Crippen LogP contribution in [-0.4, -0.2) is 34.8 Å². The van der Waals surface area contributed by atoms with E-state index < -0.39 is 5.54 Å². The van der Waals surface area contributed by atoms with Crippen LogP contribution in [-0.2, 0) is 9.59 Å². The van der Waals surface area contributed by atoms with Gasteiger partial charge in [-0.15, -0.1) is 0 Å². The maximum Gasteiger partial charge on any atom is 0.246 e. The summed E-state index contributed by atoms with van der Waals surface area (Å²) >= 11 is 0. The minimum Gasteiger partial charge on any atom is -0.343 e.